The molecule has 0 saturated carbocycles. The van der Waals surface area contributed by atoms with Crippen LogP contribution in [0.5, 0.6) is 0 Å². The van der Waals surface area contributed by atoms with Crippen molar-refractivity contribution in [2.45, 2.75) is 66.8 Å². The van der Waals surface area contributed by atoms with Crippen molar-refractivity contribution in [2.24, 2.45) is 5.41 Å². The molecule has 6 nitrogen and oxygen atoms in total. The highest BCUT2D eigenvalue weighted by atomic mass is 16.5. The van der Waals surface area contributed by atoms with Crippen molar-refractivity contribution >= 4 is 5.91 Å². The molecule has 0 aliphatic carbocycles. The second-order valence-corrected chi connectivity index (χ2v) is 8.42. The molecule has 1 amide bonds. The Kier molecular flexibility index (Phi) is 4.86. The standard InChI is InChI=1S/C20H28N4O2/c1-12-13(2)23-26-19(12)15-11-21-14(3)22-18(15)16-8-7-9-24(16)17(25)10-20(4,5)6/h11,16H,7-10H2,1-6H3. The third kappa shape index (κ3) is 3.64. The van der Waals surface area contributed by atoms with Crippen LogP contribution in [0.15, 0.2) is 10.7 Å². The lowest BCUT2D eigenvalue weighted by molar-refractivity contribution is -0.134. The van der Waals surface area contributed by atoms with Gasteiger partial charge in [0.05, 0.1) is 23.0 Å². The molecule has 3 heterocycles. The molecule has 2 aromatic heterocycles. The average molecular weight is 356 g/mol. The molecular weight excluding hydrogens is 328 g/mol. The fourth-order valence-electron chi connectivity index (χ4n) is 3.49. The van der Waals surface area contributed by atoms with Crippen LogP contribution in [0.2, 0.25) is 0 Å². The minimum atomic E-state index is -0.0358. The Labute approximate surface area is 155 Å². The van der Waals surface area contributed by atoms with Crippen molar-refractivity contribution in [3.8, 4) is 11.3 Å². The van der Waals surface area contributed by atoms with Crippen LogP contribution in [0.3, 0.4) is 0 Å². The van der Waals surface area contributed by atoms with E-state index in [0.29, 0.717) is 18.0 Å². The maximum absolute atomic E-state index is 12.9. The van der Waals surface area contributed by atoms with Crippen LogP contribution < -0.4 is 0 Å². The number of likely N-dealkylation sites (tertiary alicyclic amines) is 1. The summed E-state index contributed by atoms with van der Waals surface area (Å²) in [6, 6.07) is -0.0358. The summed E-state index contributed by atoms with van der Waals surface area (Å²) >= 11 is 0. The lowest BCUT2D eigenvalue weighted by Crippen LogP contribution is -2.33. The number of carbonyl (C=O) groups excluding carboxylic acids is 1. The predicted molar refractivity (Wildman–Crippen MR) is 99.5 cm³/mol. The largest absolute Gasteiger partial charge is 0.356 e. The van der Waals surface area contributed by atoms with E-state index >= 15 is 0 Å². The van der Waals surface area contributed by atoms with Gasteiger partial charge in [-0.15, -0.1) is 0 Å². The van der Waals surface area contributed by atoms with Gasteiger partial charge in [-0.05, 0) is 39.0 Å². The number of hydrogen-bond acceptors (Lipinski definition) is 5. The monoisotopic (exact) mass is 356 g/mol. The van der Waals surface area contributed by atoms with E-state index in [-0.39, 0.29) is 17.4 Å². The van der Waals surface area contributed by atoms with Crippen molar-refractivity contribution in [1.82, 2.24) is 20.0 Å². The Morgan fingerprint density at radius 3 is 2.65 bits per heavy atom. The van der Waals surface area contributed by atoms with Gasteiger partial charge in [-0.1, -0.05) is 25.9 Å². The summed E-state index contributed by atoms with van der Waals surface area (Å²) in [5, 5.41) is 4.07. The molecule has 1 unspecified atom stereocenters. The van der Waals surface area contributed by atoms with E-state index in [0.717, 1.165) is 41.9 Å². The van der Waals surface area contributed by atoms with Crippen molar-refractivity contribution in [2.75, 3.05) is 6.54 Å². The van der Waals surface area contributed by atoms with E-state index < -0.39 is 0 Å². The normalized spacial score (nSPS) is 17.8. The Hall–Kier alpha value is -2.24. The number of amides is 1. The molecule has 2 aromatic rings. The Morgan fingerprint density at radius 2 is 2.04 bits per heavy atom. The molecule has 0 aromatic carbocycles. The van der Waals surface area contributed by atoms with E-state index in [1.54, 1.807) is 6.20 Å². The molecule has 1 atom stereocenters. The summed E-state index contributed by atoms with van der Waals surface area (Å²) in [6.07, 6.45) is 4.22. The van der Waals surface area contributed by atoms with E-state index in [1.165, 1.54) is 0 Å². The van der Waals surface area contributed by atoms with Crippen LogP contribution in [0, 0.1) is 26.2 Å². The molecule has 1 fully saturated rings. The van der Waals surface area contributed by atoms with E-state index in [2.05, 4.69) is 30.9 Å². The molecule has 1 saturated heterocycles. The van der Waals surface area contributed by atoms with E-state index in [1.807, 2.05) is 25.7 Å². The first-order chi connectivity index (χ1) is 12.2. The van der Waals surface area contributed by atoms with Crippen LogP contribution in [-0.4, -0.2) is 32.5 Å². The van der Waals surface area contributed by atoms with Gasteiger partial charge in [0.15, 0.2) is 5.76 Å². The number of aryl methyl sites for hydroxylation is 2. The number of carbonyl (C=O) groups is 1. The molecule has 140 valence electrons. The lowest BCUT2D eigenvalue weighted by atomic mass is 9.91. The molecule has 0 radical (unpaired) electrons. The van der Waals surface area contributed by atoms with Gasteiger partial charge in [-0.3, -0.25) is 4.79 Å². The van der Waals surface area contributed by atoms with Gasteiger partial charge in [0.2, 0.25) is 5.91 Å². The van der Waals surface area contributed by atoms with Crippen molar-refractivity contribution in [3.05, 3.63) is 29.0 Å². The van der Waals surface area contributed by atoms with Gasteiger partial charge in [0.25, 0.3) is 0 Å². The first-order valence-electron chi connectivity index (χ1n) is 9.23. The SMILES string of the molecule is Cc1ncc(-c2onc(C)c2C)c(C2CCCN2C(=O)CC(C)(C)C)n1. The summed E-state index contributed by atoms with van der Waals surface area (Å²) in [6.45, 7) is 12.8. The summed E-state index contributed by atoms with van der Waals surface area (Å²) in [4.78, 5) is 24.0. The van der Waals surface area contributed by atoms with Gasteiger partial charge in [-0.25, -0.2) is 9.97 Å². The molecule has 0 spiro atoms. The van der Waals surface area contributed by atoms with Crippen LogP contribution >= 0.6 is 0 Å². The molecule has 1 aliphatic rings. The highest BCUT2D eigenvalue weighted by Crippen LogP contribution is 2.38. The van der Waals surface area contributed by atoms with Gasteiger partial charge in [-0.2, -0.15) is 0 Å². The minimum Gasteiger partial charge on any atom is -0.356 e. The van der Waals surface area contributed by atoms with E-state index in [4.69, 9.17) is 9.51 Å². The number of rotatable bonds is 3. The van der Waals surface area contributed by atoms with Crippen molar-refractivity contribution in [1.29, 1.82) is 0 Å². The Balaban J connectivity index is 2.01. The molecular formula is C20H28N4O2. The summed E-state index contributed by atoms with van der Waals surface area (Å²) in [5.74, 6) is 1.59. The zero-order valence-corrected chi connectivity index (χ0v) is 16.6. The number of nitrogens with zero attached hydrogens (tertiary/aromatic N) is 4. The fourth-order valence-corrected chi connectivity index (χ4v) is 3.49. The second kappa shape index (κ2) is 6.82. The zero-order chi connectivity index (χ0) is 19.1. The maximum Gasteiger partial charge on any atom is 0.223 e. The highest BCUT2D eigenvalue weighted by Gasteiger charge is 2.35. The third-order valence-electron chi connectivity index (χ3n) is 4.91. The van der Waals surface area contributed by atoms with Gasteiger partial charge in [0, 0.05) is 24.7 Å². The summed E-state index contributed by atoms with van der Waals surface area (Å²) < 4.78 is 5.56. The van der Waals surface area contributed by atoms with Crippen LogP contribution in [0.1, 0.15) is 68.9 Å². The first kappa shape index (κ1) is 18.5. The molecule has 1 aliphatic heterocycles. The van der Waals surface area contributed by atoms with E-state index in [9.17, 15) is 4.79 Å². The molecule has 0 N–H and O–H groups in total. The van der Waals surface area contributed by atoms with Gasteiger partial charge in [0.1, 0.15) is 5.82 Å². The van der Waals surface area contributed by atoms with Crippen molar-refractivity contribution < 1.29 is 9.32 Å². The second-order valence-electron chi connectivity index (χ2n) is 8.42. The molecule has 26 heavy (non-hydrogen) atoms. The van der Waals surface area contributed by atoms with Crippen LogP contribution in [0.25, 0.3) is 11.3 Å². The smallest absolute Gasteiger partial charge is 0.223 e. The summed E-state index contributed by atoms with van der Waals surface area (Å²) in [5.41, 5.74) is 3.53. The quantitative estimate of drug-likeness (QED) is 0.826. The predicted octanol–water partition coefficient (Wildman–Crippen LogP) is 4.16. The van der Waals surface area contributed by atoms with Crippen LogP contribution in [-0.2, 0) is 4.79 Å². The number of hydrogen-bond donors (Lipinski definition) is 0. The maximum atomic E-state index is 12.9. The zero-order valence-electron chi connectivity index (χ0n) is 16.6. The third-order valence-corrected chi connectivity index (χ3v) is 4.91. The fraction of sp³-hybridized carbons (Fsp3) is 0.600. The molecule has 6 heteroatoms. The Morgan fingerprint density at radius 1 is 1.31 bits per heavy atom. The minimum absolute atomic E-state index is 0.0345. The Bertz CT molecular complexity index is 820. The van der Waals surface area contributed by atoms with Crippen LogP contribution in [0.4, 0.5) is 0 Å². The summed E-state index contributed by atoms with van der Waals surface area (Å²) in [7, 11) is 0. The highest BCUT2D eigenvalue weighted by molar-refractivity contribution is 5.78. The van der Waals surface area contributed by atoms with Crippen molar-refractivity contribution in [3.63, 3.8) is 0 Å². The average Bonchev–Trinajstić information content (AvgIpc) is 3.14. The lowest BCUT2D eigenvalue weighted by Gasteiger charge is -2.28. The molecule has 0 bridgehead atoms. The topological polar surface area (TPSA) is 72.1 Å². The molecule has 3 rings (SSSR count). The van der Waals surface area contributed by atoms with Gasteiger partial charge < -0.3 is 9.42 Å². The van der Waals surface area contributed by atoms with Gasteiger partial charge >= 0.3 is 0 Å². The first-order valence-corrected chi connectivity index (χ1v) is 9.23. The number of aromatic nitrogens is 3.